The highest BCUT2D eigenvalue weighted by Gasteiger charge is 2.20. The van der Waals surface area contributed by atoms with Gasteiger partial charge in [-0.25, -0.2) is 0 Å². The molecule has 102 valence electrons. The average molecular weight is 262 g/mol. The molecule has 0 unspecified atom stereocenters. The molecule has 0 spiro atoms. The van der Waals surface area contributed by atoms with Crippen LogP contribution in [0.4, 0.5) is 6.01 Å². The van der Waals surface area contributed by atoms with E-state index >= 15 is 0 Å². The van der Waals surface area contributed by atoms with E-state index in [1.165, 1.54) is 0 Å². The number of methoxy groups -OCH3 is 2. The normalized spacial score (nSPS) is 10.8. The molecule has 0 saturated heterocycles. The molecule has 1 aromatic heterocycles. The summed E-state index contributed by atoms with van der Waals surface area (Å²) >= 11 is 0. The first-order valence-electron chi connectivity index (χ1n) is 6.05. The van der Waals surface area contributed by atoms with E-state index in [0.717, 1.165) is 17.1 Å². The lowest BCUT2D eigenvalue weighted by atomic mass is 10.0. The van der Waals surface area contributed by atoms with E-state index in [4.69, 9.17) is 19.6 Å². The highest BCUT2D eigenvalue weighted by molar-refractivity contribution is 5.71. The van der Waals surface area contributed by atoms with Crippen LogP contribution < -0.4 is 15.2 Å². The molecule has 19 heavy (non-hydrogen) atoms. The topological polar surface area (TPSA) is 70.5 Å². The Morgan fingerprint density at radius 3 is 2.53 bits per heavy atom. The standard InChI is InChI=1S/C14H18N2O3/c1-8(2)13-12(16-14(15)19-13)10-6-5-9(17-3)7-11(10)18-4/h5-8H,1-4H3,(H2,15,16). The second kappa shape index (κ2) is 5.22. The van der Waals surface area contributed by atoms with Gasteiger partial charge in [0.1, 0.15) is 23.0 Å². The minimum atomic E-state index is 0.163. The molecule has 1 heterocycles. The van der Waals surface area contributed by atoms with Gasteiger partial charge in [-0.15, -0.1) is 0 Å². The van der Waals surface area contributed by atoms with Gasteiger partial charge in [0.15, 0.2) is 0 Å². The molecule has 2 aromatic rings. The molecule has 5 nitrogen and oxygen atoms in total. The third-order valence-corrected chi connectivity index (χ3v) is 2.86. The van der Waals surface area contributed by atoms with Gasteiger partial charge in [0.2, 0.25) is 0 Å². The lowest BCUT2D eigenvalue weighted by Crippen LogP contribution is -1.94. The number of oxazole rings is 1. The van der Waals surface area contributed by atoms with Crippen LogP contribution in [0.3, 0.4) is 0 Å². The van der Waals surface area contributed by atoms with Crippen molar-refractivity contribution in [3.05, 3.63) is 24.0 Å². The van der Waals surface area contributed by atoms with Crippen LogP contribution in [0.5, 0.6) is 11.5 Å². The van der Waals surface area contributed by atoms with Gasteiger partial charge in [-0.2, -0.15) is 4.98 Å². The number of nitrogens with two attached hydrogens (primary N) is 1. The minimum absolute atomic E-state index is 0.163. The van der Waals surface area contributed by atoms with E-state index in [0.29, 0.717) is 11.4 Å². The number of nitrogens with zero attached hydrogens (tertiary/aromatic N) is 1. The molecule has 0 amide bonds. The average Bonchev–Trinajstić information content (AvgIpc) is 2.80. The van der Waals surface area contributed by atoms with Gasteiger partial charge in [-0.1, -0.05) is 13.8 Å². The summed E-state index contributed by atoms with van der Waals surface area (Å²) in [6.45, 7) is 4.05. The van der Waals surface area contributed by atoms with Crippen LogP contribution in [-0.4, -0.2) is 19.2 Å². The van der Waals surface area contributed by atoms with Gasteiger partial charge in [0, 0.05) is 17.5 Å². The molecule has 0 aliphatic heterocycles. The van der Waals surface area contributed by atoms with Crippen molar-refractivity contribution in [3.63, 3.8) is 0 Å². The Bertz CT molecular complexity index is 576. The number of aromatic nitrogens is 1. The maximum Gasteiger partial charge on any atom is 0.292 e. The van der Waals surface area contributed by atoms with Crippen molar-refractivity contribution in [1.82, 2.24) is 4.98 Å². The first-order valence-corrected chi connectivity index (χ1v) is 6.05. The van der Waals surface area contributed by atoms with Crippen molar-refractivity contribution < 1.29 is 13.9 Å². The molecule has 0 atom stereocenters. The third kappa shape index (κ3) is 2.50. The lowest BCUT2D eigenvalue weighted by molar-refractivity contribution is 0.395. The Morgan fingerprint density at radius 2 is 1.95 bits per heavy atom. The van der Waals surface area contributed by atoms with Crippen LogP contribution in [0.15, 0.2) is 22.6 Å². The molecule has 1 aromatic carbocycles. The number of benzene rings is 1. The number of anilines is 1. The predicted octanol–water partition coefficient (Wildman–Crippen LogP) is 3.06. The van der Waals surface area contributed by atoms with Crippen molar-refractivity contribution >= 4 is 6.01 Å². The van der Waals surface area contributed by atoms with Crippen molar-refractivity contribution in [3.8, 4) is 22.8 Å². The molecular weight excluding hydrogens is 244 g/mol. The quantitative estimate of drug-likeness (QED) is 0.916. The molecule has 0 aliphatic carbocycles. The highest BCUT2D eigenvalue weighted by atomic mass is 16.5. The molecule has 0 bridgehead atoms. The Kier molecular flexibility index (Phi) is 3.64. The van der Waals surface area contributed by atoms with Crippen molar-refractivity contribution in [2.24, 2.45) is 0 Å². The molecule has 2 N–H and O–H groups in total. The molecule has 2 rings (SSSR count). The van der Waals surface area contributed by atoms with Crippen LogP contribution >= 0.6 is 0 Å². The Morgan fingerprint density at radius 1 is 1.21 bits per heavy atom. The highest BCUT2D eigenvalue weighted by Crippen LogP contribution is 2.37. The first-order chi connectivity index (χ1) is 9.06. The lowest BCUT2D eigenvalue weighted by Gasteiger charge is -2.10. The van der Waals surface area contributed by atoms with Crippen LogP contribution in [0, 0.1) is 0 Å². The summed E-state index contributed by atoms with van der Waals surface area (Å²) in [7, 11) is 3.22. The largest absolute Gasteiger partial charge is 0.497 e. The number of nitrogen functional groups attached to an aromatic ring is 1. The first kappa shape index (κ1) is 13.3. The van der Waals surface area contributed by atoms with E-state index < -0.39 is 0 Å². The number of hydrogen-bond acceptors (Lipinski definition) is 5. The number of ether oxygens (including phenoxy) is 2. The van der Waals surface area contributed by atoms with E-state index in [-0.39, 0.29) is 11.9 Å². The molecular formula is C14H18N2O3. The zero-order valence-corrected chi connectivity index (χ0v) is 11.6. The SMILES string of the molecule is COc1ccc(-c2nc(N)oc2C(C)C)c(OC)c1. The van der Waals surface area contributed by atoms with Gasteiger partial charge in [-0.05, 0) is 12.1 Å². The third-order valence-electron chi connectivity index (χ3n) is 2.86. The van der Waals surface area contributed by atoms with E-state index in [1.54, 1.807) is 14.2 Å². The second-order valence-electron chi connectivity index (χ2n) is 4.49. The molecule has 0 radical (unpaired) electrons. The summed E-state index contributed by atoms with van der Waals surface area (Å²) in [5.41, 5.74) is 7.21. The smallest absolute Gasteiger partial charge is 0.292 e. The van der Waals surface area contributed by atoms with Crippen molar-refractivity contribution in [2.75, 3.05) is 20.0 Å². The van der Waals surface area contributed by atoms with Gasteiger partial charge >= 0.3 is 0 Å². The van der Waals surface area contributed by atoms with Crippen molar-refractivity contribution in [1.29, 1.82) is 0 Å². The molecule has 0 saturated carbocycles. The molecule has 0 aliphatic rings. The Hall–Kier alpha value is -2.17. The van der Waals surface area contributed by atoms with E-state index in [9.17, 15) is 0 Å². The zero-order chi connectivity index (χ0) is 14.0. The van der Waals surface area contributed by atoms with Gasteiger partial charge in [-0.3, -0.25) is 0 Å². The summed E-state index contributed by atoms with van der Waals surface area (Å²) in [5, 5.41) is 0. The number of hydrogen-bond donors (Lipinski definition) is 1. The fourth-order valence-corrected chi connectivity index (χ4v) is 1.93. The van der Waals surface area contributed by atoms with Gasteiger partial charge < -0.3 is 19.6 Å². The van der Waals surface area contributed by atoms with Crippen LogP contribution in [0.25, 0.3) is 11.3 Å². The van der Waals surface area contributed by atoms with Crippen LogP contribution in [0.1, 0.15) is 25.5 Å². The van der Waals surface area contributed by atoms with Gasteiger partial charge in [0.05, 0.1) is 14.2 Å². The summed E-state index contributed by atoms with van der Waals surface area (Å²) in [6, 6.07) is 5.72. The second-order valence-corrected chi connectivity index (χ2v) is 4.49. The van der Waals surface area contributed by atoms with E-state index in [1.807, 2.05) is 32.0 Å². The van der Waals surface area contributed by atoms with Gasteiger partial charge in [0.25, 0.3) is 6.01 Å². The zero-order valence-electron chi connectivity index (χ0n) is 11.6. The number of rotatable bonds is 4. The fraction of sp³-hybridized carbons (Fsp3) is 0.357. The minimum Gasteiger partial charge on any atom is -0.497 e. The summed E-state index contributed by atoms with van der Waals surface area (Å²) in [6.07, 6.45) is 0. The summed E-state index contributed by atoms with van der Waals surface area (Å²) in [4.78, 5) is 4.26. The van der Waals surface area contributed by atoms with Crippen LogP contribution in [-0.2, 0) is 0 Å². The predicted molar refractivity (Wildman–Crippen MR) is 73.5 cm³/mol. The van der Waals surface area contributed by atoms with Crippen molar-refractivity contribution in [2.45, 2.75) is 19.8 Å². The molecule has 5 heteroatoms. The summed E-state index contributed by atoms with van der Waals surface area (Å²) in [5.74, 6) is 2.34. The maximum atomic E-state index is 5.66. The Balaban J connectivity index is 2.58. The maximum absolute atomic E-state index is 5.66. The Labute approximate surface area is 112 Å². The van der Waals surface area contributed by atoms with Crippen LogP contribution in [0.2, 0.25) is 0 Å². The summed E-state index contributed by atoms with van der Waals surface area (Å²) < 4.78 is 16.0. The van der Waals surface area contributed by atoms with E-state index in [2.05, 4.69) is 4.98 Å². The monoisotopic (exact) mass is 262 g/mol. The fourth-order valence-electron chi connectivity index (χ4n) is 1.93. The molecule has 0 fully saturated rings.